The van der Waals surface area contributed by atoms with Crippen LogP contribution in [0.4, 0.5) is 9.18 Å². The second kappa shape index (κ2) is 13.0. The number of hydrogen-bond donors (Lipinski definition) is 4. The van der Waals surface area contributed by atoms with Crippen molar-refractivity contribution in [2.24, 2.45) is 11.8 Å². The van der Waals surface area contributed by atoms with Gasteiger partial charge >= 0.3 is 6.09 Å². The number of rotatable bonds is 11. The Morgan fingerprint density at radius 2 is 1.98 bits per heavy atom. The molecule has 2 saturated heterocycles. The smallest absolute Gasteiger partial charge is 0.404 e. The van der Waals surface area contributed by atoms with E-state index in [1.807, 2.05) is 24.3 Å². The summed E-state index contributed by atoms with van der Waals surface area (Å²) >= 11 is 0. The fourth-order valence-corrected chi connectivity index (χ4v) is 7.09. The molecule has 4 N–H and O–H groups in total. The second-order valence-corrected chi connectivity index (χ2v) is 13.1. The number of carboxylic acid groups (broad SMARTS) is 1. The van der Waals surface area contributed by atoms with Crippen LogP contribution in [0.2, 0.25) is 0 Å². The molecule has 1 saturated carbocycles. The van der Waals surface area contributed by atoms with Crippen molar-refractivity contribution in [1.82, 2.24) is 20.1 Å². The molecule has 4 heterocycles. The molecular formula is C35H39FN4O8. The Balaban J connectivity index is 1.30. The van der Waals surface area contributed by atoms with Gasteiger partial charge < -0.3 is 44.2 Å². The van der Waals surface area contributed by atoms with Crippen LogP contribution in [0.5, 0.6) is 11.5 Å². The van der Waals surface area contributed by atoms with Gasteiger partial charge in [-0.2, -0.15) is 0 Å². The van der Waals surface area contributed by atoms with E-state index in [1.165, 1.54) is 12.0 Å². The molecule has 3 aliphatic rings. The van der Waals surface area contributed by atoms with Gasteiger partial charge in [0.25, 0.3) is 5.91 Å². The summed E-state index contributed by atoms with van der Waals surface area (Å²) in [5, 5.41) is 26.1. The Hall–Kier alpha value is -4.78. The third kappa shape index (κ3) is 6.26. The summed E-state index contributed by atoms with van der Waals surface area (Å²) in [5.41, 5.74) is 3.05. The molecule has 1 unspecified atom stereocenters. The number of para-hydroxylation sites is 1. The molecule has 3 amide bonds. The predicted octanol–water partition coefficient (Wildman–Crippen LogP) is 4.34. The number of carbonyl (C=O) groups excluding carboxylic acids is 2. The molecule has 1 aliphatic carbocycles. The molecule has 2 aromatic carbocycles. The number of aliphatic hydroxyl groups excluding tert-OH is 1. The Morgan fingerprint density at radius 1 is 1.15 bits per heavy atom. The number of aromatic nitrogens is 1. The molecule has 7 rings (SSSR count). The van der Waals surface area contributed by atoms with E-state index >= 15 is 0 Å². The van der Waals surface area contributed by atoms with Crippen molar-refractivity contribution >= 4 is 39.8 Å². The Bertz CT molecular complexity index is 1880. The van der Waals surface area contributed by atoms with Gasteiger partial charge in [0.05, 0.1) is 42.9 Å². The molecule has 12 nitrogen and oxygen atoms in total. The van der Waals surface area contributed by atoms with Crippen LogP contribution in [0.1, 0.15) is 41.6 Å². The number of methoxy groups -OCH3 is 1. The zero-order chi connectivity index (χ0) is 33.5. The van der Waals surface area contributed by atoms with Crippen LogP contribution in [0.25, 0.3) is 33.3 Å². The molecule has 2 aliphatic heterocycles. The summed E-state index contributed by atoms with van der Waals surface area (Å²) in [6, 6.07) is 10.4. The quantitative estimate of drug-likeness (QED) is 0.185. The van der Waals surface area contributed by atoms with E-state index in [2.05, 4.69) is 15.2 Å². The van der Waals surface area contributed by atoms with Gasteiger partial charge in [0.1, 0.15) is 23.3 Å². The van der Waals surface area contributed by atoms with E-state index in [9.17, 15) is 23.9 Å². The van der Waals surface area contributed by atoms with Crippen LogP contribution in [0, 0.1) is 11.8 Å². The molecule has 48 heavy (non-hydrogen) atoms. The predicted molar refractivity (Wildman–Crippen MR) is 174 cm³/mol. The van der Waals surface area contributed by atoms with E-state index in [4.69, 9.17) is 19.0 Å². The number of hydrogen-bond acceptors (Lipinski definition) is 7. The van der Waals surface area contributed by atoms with Gasteiger partial charge in [0.15, 0.2) is 5.76 Å². The lowest BCUT2D eigenvalue weighted by atomic mass is 10.0. The van der Waals surface area contributed by atoms with Gasteiger partial charge in [0, 0.05) is 67.9 Å². The third-order valence-electron chi connectivity index (χ3n) is 9.49. The number of likely N-dealkylation sites (tertiary alicyclic amines) is 1. The minimum atomic E-state index is -1.38. The number of amides is 3. The van der Waals surface area contributed by atoms with Gasteiger partial charge in [-0.3, -0.25) is 9.59 Å². The fourth-order valence-electron chi connectivity index (χ4n) is 7.09. The van der Waals surface area contributed by atoms with Gasteiger partial charge in [-0.05, 0) is 43.0 Å². The van der Waals surface area contributed by atoms with Crippen molar-refractivity contribution in [3.63, 3.8) is 0 Å². The van der Waals surface area contributed by atoms with Crippen molar-refractivity contribution in [2.45, 2.75) is 50.9 Å². The highest BCUT2D eigenvalue weighted by molar-refractivity contribution is 6.02. The lowest BCUT2D eigenvalue weighted by molar-refractivity contribution is -0.119. The van der Waals surface area contributed by atoms with Crippen LogP contribution >= 0.6 is 0 Å². The highest BCUT2D eigenvalue weighted by Crippen LogP contribution is 2.44. The molecule has 2 aromatic heterocycles. The number of fused-ring (bicyclic) bond motifs is 2. The van der Waals surface area contributed by atoms with Crippen LogP contribution in [0.3, 0.4) is 0 Å². The molecule has 3 atom stereocenters. The van der Waals surface area contributed by atoms with Crippen LogP contribution in [-0.4, -0.2) is 89.8 Å². The first-order valence-electron chi connectivity index (χ1n) is 16.4. The van der Waals surface area contributed by atoms with E-state index in [1.54, 1.807) is 12.1 Å². The summed E-state index contributed by atoms with van der Waals surface area (Å²) < 4.78 is 35.5. The summed E-state index contributed by atoms with van der Waals surface area (Å²) in [6.07, 6.45) is 0.261. The number of piperidine rings is 1. The zero-order valence-corrected chi connectivity index (χ0v) is 26.7. The normalized spacial score (nSPS) is 21.1. The van der Waals surface area contributed by atoms with Crippen molar-refractivity contribution in [2.75, 3.05) is 40.0 Å². The lowest BCUT2D eigenvalue weighted by Gasteiger charge is -2.34. The first-order chi connectivity index (χ1) is 23.2. The number of nitrogens with one attached hydrogen (secondary N) is 2. The average Bonchev–Trinajstić information content (AvgIpc) is 3.49. The van der Waals surface area contributed by atoms with Crippen LogP contribution in [-0.2, 0) is 17.8 Å². The van der Waals surface area contributed by atoms with Crippen molar-refractivity contribution in [1.29, 1.82) is 0 Å². The molecule has 0 spiro atoms. The van der Waals surface area contributed by atoms with Crippen LogP contribution < -0.4 is 20.1 Å². The van der Waals surface area contributed by atoms with Gasteiger partial charge in [-0.1, -0.05) is 12.1 Å². The maximum atomic E-state index is 14.6. The van der Waals surface area contributed by atoms with Crippen molar-refractivity contribution in [3.8, 4) is 23.0 Å². The van der Waals surface area contributed by atoms with Crippen molar-refractivity contribution < 1.29 is 42.9 Å². The maximum absolute atomic E-state index is 14.6. The second-order valence-electron chi connectivity index (χ2n) is 13.1. The standard InChI is InChI=1S/C35H39FN4O8/c1-46-28-11-22(34(43)39-16-23(36)13-24(17-39)38-35(44)45)12-29-31(28)25(7-8-41)33(48-29)26-10-21-3-2-4-27(32(21)40(26)15-19-5-6-19)47-18-20-9-30(42)37-14-20/h2-4,10-12,19-20,23-24,38,41H,5-9,13-18H2,1H3,(H,37,42)(H,44,45)/t20?,23-,24-/m1/s1. The van der Waals surface area contributed by atoms with Crippen molar-refractivity contribution in [3.05, 3.63) is 47.5 Å². The molecule has 3 fully saturated rings. The fraction of sp³-hybridized carbons (Fsp3) is 0.457. The Kier molecular flexibility index (Phi) is 8.63. The minimum absolute atomic E-state index is 0.0103. The van der Waals surface area contributed by atoms with E-state index in [0.29, 0.717) is 53.7 Å². The zero-order valence-electron chi connectivity index (χ0n) is 26.7. The summed E-state index contributed by atoms with van der Waals surface area (Å²) in [6.45, 7) is 1.46. The average molecular weight is 663 g/mol. The summed E-state index contributed by atoms with van der Waals surface area (Å²) in [7, 11) is 1.49. The lowest BCUT2D eigenvalue weighted by Crippen LogP contribution is -2.53. The number of furan rings is 1. The largest absolute Gasteiger partial charge is 0.496 e. The first kappa shape index (κ1) is 31.8. The Morgan fingerprint density at radius 3 is 2.69 bits per heavy atom. The number of benzene rings is 2. The number of alkyl halides is 1. The first-order valence-corrected chi connectivity index (χ1v) is 16.4. The van der Waals surface area contributed by atoms with E-state index in [0.717, 1.165) is 41.5 Å². The maximum Gasteiger partial charge on any atom is 0.404 e. The highest BCUT2D eigenvalue weighted by atomic mass is 19.1. The summed E-state index contributed by atoms with van der Waals surface area (Å²) in [4.78, 5) is 38.0. The monoisotopic (exact) mass is 662 g/mol. The summed E-state index contributed by atoms with van der Waals surface area (Å²) in [5.74, 6) is 1.78. The Labute approximate surface area is 275 Å². The minimum Gasteiger partial charge on any atom is -0.496 e. The molecule has 0 radical (unpaired) electrons. The third-order valence-corrected chi connectivity index (χ3v) is 9.49. The van der Waals surface area contributed by atoms with Gasteiger partial charge in [-0.15, -0.1) is 0 Å². The highest BCUT2D eigenvalue weighted by Gasteiger charge is 2.33. The molecule has 0 bridgehead atoms. The number of halogens is 1. The van der Waals surface area contributed by atoms with Gasteiger partial charge in [0.2, 0.25) is 5.91 Å². The number of carbonyl (C=O) groups is 3. The molecule has 254 valence electrons. The molecule has 4 aromatic rings. The van der Waals surface area contributed by atoms with E-state index < -0.39 is 24.2 Å². The molecule has 13 heteroatoms. The SMILES string of the molecule is COc1cc(C(=O)N2C[C@H](F)C[C@@H](NC(=O)O)C2)cc2oc(-c3cc4cccc(OCC5CNC(=O)C5)c4n3CC3CC3)c(CCO)c12. The number of nitrogens with zero attached hydrogens (tertiary/aromatic N) is 2. The number of ether oxygens (including phenoxy) is 2. The molecular weight excluding hydrogens is 623 g/mol. The topological polar surface area (TPSA) is 156 Å². The van der Waals surface area contributed by atoms with Gasteiger partial charge in [-0.25, -0.2) is 9.18 Å². The van der Waals surface area contributed by atoms with Crippen LogP contribution in [0.15, 0.2) is 40.8 Å². The van der Waals surface area contributed by atoms with E-state index in [-0.39, 0.29) is 49.9 Å². The number of aliphatic hydroxyl groups is 1.